The molecule has 2 heterocycles. The molecule has 0 atom stereocenters. The minimum absolute atomic E-state index is 0.272. The van der Waals surface area contributed by atoms with Crippen molar-refractivity contribution in [3.05, 3.63) is 29.3 Å². The molecule has 2 amide bonds. The summed E-state index contributed by atoms with van der Waals surface area (Å²) < 4.78 is 11.1. The Kier molecular flexibility index (Phi) is 5.60. The van der Waals surface area contributed by atoms with E-state index in [1.54, 1.807) is 21.9 Å². The number of nitrogens with zero attached hydrogens (tertiary/aromatic N) is 2. The quantitative estimate of drug-likeness (QED) is 0.629. The molecule has 0 saturated carbocycles. The lowest BCUT2D eigenvalue weighted by molar-refractivity contribution is 0.0166. The van der Waals surface area contributed by atoms with Crippen LogP contribution in [-0.4, -0.2) is 54.2 Å². The van der Waals surface area contributed by atoms with Crippen molar-refractivity contribution in [2.24, 2.45) is 0 Å². The summed E-state index contributed by atoms with van der Waals surface area (Å²) in [6.07, 6.45) is 1.47. The number of ether oxygens (including phenoxy) is 2. The van der Waals surface area contributed by atoms with Crippen molar-refractivity contribution >= 4 is 24.2 Å². The topological polar surface area (TPSA) is 76.2 Å². The number of likely N-dealkylation sites (tertiary alicyclic amines) is 1. The molecule has 0 unspecified atom stereocenters. The minimum Gasteiger partial charge on any atom is -0.444 e. The summed E-state index contributed by atoms with van der Waals surface area (Å²) in [5.41, 5.74) is 0.847. The summed E-state index contributed by atoms with van der Waals surface area (Å²) in [5, 5.41) is 0. The zero-order valence-electron chi connectivity index (χ0n) is 18.8. The SMILES string of the molecule is CC(C)(C)OC(=O)N1CCC2(CC1)CN(C(=O)OC(C)(C)C)c1cc(C=O)ccc12. The summed E-state index contributed by atoms with van der Waals surface area (Å²) >= 11 is 0. The number of fused-ring (bicyclic) bond motifs is 2. The van der Waals surface area contributed by atoms with Crippen LogP contribution in [0.3, 0.4) is 0 Å². The lowest BCUT2D eigenvalue weighted by atomic mass is 9.74. The number of carbonyl (C=O) groups is 3. The average Bonchev–Trinajstić information content (AvgIpc) is 2.93. The maximum atomic E-state index is 12.9. The molecule has 1 spiro atoms. The molecule has 3 rings (SSSR count). The van der Waals surface area contributed by atoms with Crippen LogP contribution < -0.4 is 4.90 Å². The lowest BCUT2D eigenvalue weighted by Gasteiger charge is -2.40. The van der Waals surface area contributed by atoms with Gasteiger partial charge < -0.3 is 14.4 Å². The molecule has 7 heteroatoms. The van der Waals surface area contributed by atoms with Crippen LogP contribution in [0.25, 0.3) is 0 Å². The molecule has 0 radical (unpaired) electrons. The minimum atomic E-state index is -0.616. The summed E-state index contributed by atoms with van der Waals surface area (Å²) in [7, 11) is 0. The molecule has 2 aliphatic rings. The molecule has 1 saturated heterocycles. The first-order valence-electron chi connectivity index (χ1n) is 10.4. The summed E-state index contributed by atoms with van der Waals surface area (Å²) in [6, 6.07) is 5.47. The molecule has 1 aromatic carbocycles. The van der Waals surface area contributed by atoms with E-state index in [0.29, 0.717) is 38.0 Å². The number of rotatable bonds is 1. The fourth-order valence-electron chi connectivity index (χ4n) is 4.12. The van der Waals surface area contributed by atoms with Gasteiger partial charge in [0.1, 0.15) is 17.5 Å². The van der Waals surface area contributed by atoms with Crippen LogP contribution in [0.1, 0.15) is 70.3 Å². The van der Waals surface area contributed by atoms with Crippen molar-refractivity contribution in [2.75, 3.05) is 24.5 Å². The van der Waals surface area contributed by atoms with E-state index in [4.69, 9.17) is 9.47 Å². The summed E-state index contributed by atoms with van der Waals surface area (Å²) in [5.74, 6) is 0. The normalized spacial score (nSPS) is 18.2. The van der Waals surface area contributed by atoms with Crippen molar-refractivity contribution in [3.63, 3.8) is 0 Å². The van der Waals surface area contributed by atoms with Crippen LogP contribution in [0.5, 0.6) is 0 Å². The van der Waals surface area contributed by atoms with Gasteiger partial charge in [0, 0.05) is 30.6 Å². The van der Waals surface area contributed by atoms with Crippen molar-refractivity contribution < 1.29 is 23.9 Å². The highest BCUT2D eigenvalue weighted by molar-refractivity contribution is 5.93. The van der Waals surface area contributed by atoms with Crippen LogP contribution in [0, 0.1) is 0 Å². The molecule has 1 aromatic rings. The zero-order valence-corrected chi connectivity index (χ0v) is 18.8. The number of anilines is 1. The van der Waals surface area contributed by atoms with Gasteiger partial charge in [0.15, 0.2) is 0 Å². The van der Waals surface area contributed by atoms with E-state index in [2.05, 4.69) is 0 Å². The Hall–Kier alpha value is -2.57. The Morgan fingerprint density at radius 2 is 1.53 bits per heavy atom. The van der Waals surface area contributed by atoms with Crippen LogP contribution in [0.15, 0.2) is 18.2 Å². The van der Waals surface area contributed by atoms with Gasteiger partial charge in [0.05, 0.1) is 5.69 Å². The van der Waals surface area contributed by atoms with Gasteiger partial charge in [-0.15, -0.1) is 0 Å². The number of hydrogen-bond donors (Lipinski definition) is 0. The van der Waals surface area contributed by atoms with Crippen LogP contribution in [0.4, 0.5) is 15.3 Å². The van der Waals surface area contributed by atoms with Crippen LogP contribution in [0.2, 0.25) is 0 Å². The molecule has 0 aliphatic carbocycles. The van der Waals surface area contributed by atoms with E-state index in [-0.39, 0.29) is 11.5 Å². The van der Waals surface area contributed by atoms with Gasteiger partial charge in [-0.3, -0.25) is 9.69 Å². The second-order valence-electron chi connectivity index (χ2n) is 10.2. The van der Waals surface area contributed by atoms with Crippen molar-refractivity contribution in [2.45, 2.75) is 71.0 Å². The standard InChI is InChI=1S/C23H32N2O5/c1-21(2,3)29-19(27)24-11-9-23(10-12-24)15-25(20(28)30-22(4,5)6)18-13-16(14-26)7-8-17(18)23/h7-8,13-14H,9-12,15H2,1-6H3. The Labute approximate surface area is 178 Å². The fourth-order valence-corrected chi connectivity index (χ4v) is 4.12. The van der Waals surface area contributed by atoms with E-state index >= 15 is 0 Å². The van der Waals surface area contributed by atoms with Crippen molar-refractivity contribution in [3.8, 4) is 0 Å². The number of hydrogen-bond acceptors (Lipinski definition) is 5. The molecule has 0 bridgehead atoms. The number of amides is 2. The number of piperidine rings is 1. The fraction of sp³-hybridized carbons (Fsp3) is 0.609. The molecule has 2 aliphatic heterocycles. The van der Waals surface area contributed by atoms with E-state index in [0.717, 1.165) is 17.5 Å². The zero-order chi connectivity index (χ0) is 22.3. The van der Waals surface area contributed by atoms with E-state index in [1.807, 2.05) is 47.6 Å². The van der Waals surface area contributed by atoms with Gasteiger partial charge in [-0.05, 0) is 66.0 Å². The van der Waals surface area contributed by atoms with E-state index in [1.165, 1.54) is 0 Å². The van der Waals surface area contributed by atoms with Gasteiger partial charge in [-0.1, -0.05) is 12.1 Å². The number of aldehydes is 1. The van der Waals surface area contributed by atoms with Gasteiger partial charge in [-0.2, -0.15) is 0 Å². The van der Waals surface area contributed by atoms with Gasteiger partial charge >= 0.3 is 12.2 Å². The number of benzene rings is 1. The summed E-state index contributed by atoms with van der Waals surface area (Å²) in [6.45, 7) is 12.6. The Morgan fingerprint density at radius 3 is 2.07 bits per heavy atom. The maximum Gasteiger partial charge on any atom is 0.414 e. The first kappa shape index (κ1) is 22.1. The third-order valence-electron chi connectivity index (χ3n) is 5.47. The Morgan fingerprint density at radius 1 is 0.967 bits per heavy atom. The third-order valence-corrected chi connectivity index (χ3v) is 5.47. The highest BCUT2D eigenvalue weighted by Crippen LogP contribution is 2.47. The first-order chi connectivity index (χ1) is 13.8. The van der Waals surface area contributed by atoms with Crippen molar-refractivity contribution in [1.82, 2.24) is 4.90 Å². The van der Waals surface area contributed by atoms with Gasteiger partial charge in [0.25, 0.3) is 0 Å². The predicted octanol–water partition coefficient (Wildman–Crippen LogP) is 4.52. The average molecular weight is 417 g/mol. The van der Waals surface area contributed by atoms with Crippen LogP contribution in [-0.2, 0) is 14.9 Å². The molecule has 1 fully saturated rings. The summed E-state index contributed by atoms with van der Waals surface area (Å²) in [4.78, 5) is 40.0. The molecule has 30 heavy (non-hydrogen) atoms. The highest BCUT2D eigenvalue weighted by Gasteiger charge is 2.48. The van der Waals surface area contributed by atoms with E-state index < -0.39 is 17.3 Å². The van der Waals surface area contributed by atoms with Crippen molar-refractivity contribution in [1.29, 1.82) is 0 Å². The molecule has 0 N–H and O–H groups in total. The molecule has 0 aromatic heterocycles. The monoisotopic (exact) mass is 416 g/mol. The van der Waals surface area contributed by atoms with E-state index in [9.17, 15) is 14.4 Å². The molecule has 7 nitrogen and oxygen atoms in total. The smallest absolute Gasteiger partial charge is 0.414 e. The second kappa shape index (κ2) is 7.60. The first-order valence-corrected chi connectivity index (χ1v) is 10.4. The molecular weight excluding hydrogens is 384 g/mol. The lowest BCUT2D eigenvalue weighted by Crippen LogP contribution is -2.49. The number of carbonyl (C=O) groups excluding carboxylic acids is 3. The second-order valence-corrected chi connectivity index (χ2v) is 10.2. The van der Waals surface area contributed by atoms with Gasteiger partial charge in [-0.25, -0.2) is 9.59 Å². The predicted molar refractivity (Wildman–Crippen MR) is 114 cm³/mol. The van der Waals surface area contributed by atoms with Crippen LogP contribution >= 0.6 is 0 Å². The molecular formula is C23H32N2O5. The highest BCUT2D eigenvalue weighted by atomic mass is 16.6. The van der Waals surface area contributed by atoms with Gasteiger partial charge in [0.2, 0.25) is 0 Å². The maximum absolute atomic E-state index is 12.9. The third kappa shape index (κ3) is 4.60. The Balaban J connectivity index is 1.84. The Bertz CT molecular complexity index is 842. The molecule has 164 valence electrons. The largest absolute Gasteiger partial charge is 0.444 e.